The molecular formula is C22H19ClF2N2O3S. The number of nitrogens with one attached hydrogen (secondary N) is 1. The minimum absolute atomic E-state index is 0.00510. The van der Waals surface area contributed by atoms with Gasteiger partial charge in [0.1, 0.15) is 11.6 Å². The lowest BCUT2D eigenvalue weighted by Crippen LogP contribution is -2.28. The van der Waals surface area contributed by atoms with Gasteiger partial charge >= 0.3 is 0 Å². The van der Waals surface area contributed by atoms with Crippen LogP contribution in [0, 0.1) is 11.6 Å². The molecule has 0 aliphatic carbocycles. The van der Waals surface area contributed by atoms with E-state index in [1.807, 2.05) is 0 Å². The number of hydrogen-bond donors (Lipinski definition) is 1. The second-order valence-electron chi connectivity index (χ2n) is 6.73. The first-order valence-electron chi connectivity index (χ1n) is 9.25. The molecule has 3 rings (SSSR count). The summed E-state index contributed by atoms with van der Waals surface area (Å²) in [5, 5.41) is 2.75. The molecule has 162 valence electrons. The first-order valence-corrected chi connectivity index (χ1v) is 11.1. The highest BCUT2D eigenvalue weighted by Gasteiger charge is 2.23. The first-order chi connectivity index (χ1) is 14.7. The van der Waals surface area contributed by atoms with Gasteiger partial charge in [-0.2, -0.15) is 0 Å². The minimum Gasteiger partial charge on any atom is -0.352 e. The number of halogens is 3. The molecule has 0 saturated carbocycles. The van der Waals surface area contributed by atoms with Gasteiger partial charge in [0.2, 0.25) is 0 Å². The monoisotopic (exact) mass is 464 g/mol. The van der Waals surface area contributed by atoms with Gasteiger partial charge < -0.3 is 5.32 Å². The number of carbonyl (C=O) groups is 1. The molecule has 5 nitrogen and oxygen atoms in total. The van der Waals surface area contributed by atoms with Gasteiger partial charge in [-0.3, -0.25) is 9.10 Å². The van der Waals surface area contributed by atoms with E-state index in [4.69, 9.17) is 11.6 Å². The van der Waals surface area contributed by atoms with Crippen LogP contribution in [0.3, 0.4) is 0 Å². The maximum absolute atomic E-state index is 13.3. The Morgan fingerprint density at radius 3 is 2.39 bits per heavy atom. The van der Waals surface area contributed by atoms with E-state index in [0.29, 0.717) is 12.0 Å². The number of rotatable bonds is 7. The molecule has 3 aromatic rings. The fourth-order valence-corrected chi connectivity index (χ4v) is 4.32. The number of carbonyl (C=O) groups excluding carboxylic acids is 1. The molecule has 1 N–H and O–H groups in total. The van der Waals surface area contributed by atoms with Crippen molar-refractivity contribution in [1.82, 2.24) is 5.32 Å². The Morgan fingerprint density at radius 1 is 1.00 bits per heavy atom. The average molecular weight is 465 g/mol. The van der Waals surface area contributed by atoms with Gasteiger partial charge in [0.25, 0.3) is 15.9 Å². The van der Waals surface area contributed by atoms with Crippen LogP contribution in [0.4, 0.5) is 14.5 Å². The highest BCUT2D eigenvalue weighted by atomic mass is 35.5. The van der Waals surface area contributed by atoms with Gasteiger partial charge in [-0.25, -0.2) is 17.2 Å². The van der Waals surface area contributed by atoms with Crippen LogP contribution in [-0.2, 0) is 16.4 Å². The third-order valence-corrected chi connectivity index (χ3v) is 6.73. The summed E-state index contributed by atoms with van der Waals surface area (Å²) < 4.78 is 53.3. The van der Waals surface area contributed by atoms with E-state index >= 15 is 0 Å². The summed E-state index contributed by atoms with van der Waals surface area (Å²) in [5.41, 5.74) is 0.968. The number of hydrogen-bond acceptors (Lipinski definition) is 3. The Morgan fingerprint density at radius 2 is 1.71 bits per heavy atom. The Hall–Kier alpha value is -2.97. The second-order valence-corrected chi connectivity index (χ2v) is 9.10. The summed E-state index contributed by atoms with van der Waals surface area (Å²) in [6, 6.07) is 14.8. The van der Waals surface area contributed by atoms with E-state index in [0.717, 1.165) is 16.4 Å². The fourth-order valence-electron chi connectivity index (χ4n) is 2.89. The van der Waals surface area contributed by atoms with Crippen molar-refractivity contribution in [3.05, 3.63) is 94.5 Å². The van der Waals surface area contributed by atoms with Crippen molar-refractivity contribution in [1.29, 1.82) is 0 Å². The number of sulfonamides is 1. The Kier molecular flexibility index (Phi) is 6.92. The standard InChI is InChI=1S/C22H19ClF2N2O3S/c1-27(18-7-5-16(24)6-8-18)31(29,30)19-9-10-21(23)20(14-19)22(28)26-12-11-15-3-2-4-17(25)13-15/h2-10,13-14H,11-12H2,1H3,(H,26,28). The molecule has 0 aliphatic heterocycles. The van der Waals surface area contributed by atoms with Crippen LogP contribution >= 0.6 is 11.6 Å². The Balaban J connectivity index is 1.77. The Bertz CT molecular complexity index is 1200. The van der Waals surface area contributed by atoms with Crippen molar-refractivity contribution in [3.63, 3.8) is 0 Å². The number of amides is 1. The molecule has 3 aromatic carbocycles. The maximum atomic E-state index is 13.3. The minimum atomic E-state index is -4.02. The SMILES string of the molecule is CN(c1ccc(F)cc1)S(=O)(=O)c1ccc(Cl)c(C(=O)NCCc2cccc(F)c2)c1. The molecule has 0 unspecified atom stereocenters. The highest BCUT2D eigenvalue weighted by molar-refractivity contribution is 7.92. The van der Waals surface area contributed by atoms with Gasteiger partial charge in [0.05, 0.1) is 21.2 Å². The molecular weight excluding hydrogens is 446 g/mol. The molecule has 9 heteroatoms. The normalized spacial score (nSPS) is 11.2. The summed E-state index contributed by atoms with van der Waals surface area (Å²) in [7, 11) is -2.69. The summed E-state index contributed by atoms with van der Waals surface area (Å²) in [6.45, 7) is 0.213. The molecule has 0 atom stereocenters. The molecule has 31 heavy (non-hydrogen) atoms. The second kappa shape index (κ2) is 9.45. The zero-order valence-electron chi connectivity index (χ0n) is 16.5. The smallest absolute Gasteiger partial charge is 0.264 e. The molecule has 0 fully saturated rings. The largest absolute Gasteiger partial charge is 0.352 e. The summed E-state index contributed by atoms with van der Waals surface area (Å²) >= 11 is 6.11. The van der Waals surface area contributed by atoms with Crippen LogP contribution in [0.1, 0.15) is 15.9 Å². The molecule has 0 bridgehead atoms. The van der Waals surface area contributed by atoms with Crippen LogP contribution in [0.25, 0.3) is 0 Å². The van der Waals surface area contributed by atoms with Crippen molar-refractivity contribution >= 4 is 33.2 Å². The number of benzene rings is 3. The van der Waals surface area contributed by atoms with E-state index < -0.39 is 21.7 Å². The maximum Gasteiger partial charge on any atom is 0.264 e. The van der Waals surface area contributed by atoms with Gasteiger partial charge in [0, 0.05) is 13.6 Å². The van der Waals surface area contributed by atoms with E-state index in [9.17, 15) is 22.0 Å². The predicted octanol–water partition coefficient (Wildman–Crippen LogP) is 4.42. The van der Waals surface area contributed by atoms with Crippen LogP contribution < -0.4 is 9.62 Å². The van der Waals surface area contributed by atoms with E-state index in [-0.39, 0.29) is 33.5 Å². The summed E-state index contributed by atoms with van der Waals surface area (Å²) in [5.74, 6) is -1.41. The molecule has 0 aromatic heterocycles. The number of nitrogens with zero attached hydrogens (tertiary/aromatic N) is 1. The molecule has 0 heterocycles. The van der Waals surface area contributed by atoms with Gasteiger partial charge in [-0.15, -0.1) is 0 Å². The van der Waals surface area contributed by atoms with Crippen molar-refractivity contribution in [2.24, 2.45) is 0 Å². The summed E-state index contributed by atoms with van der Waals surface area (Å²) in [6.07, 6.45) is 0.395. The first kappa shape index (κ1) is 22.7. The van der Waals surface area contributed by atoms with Crippen LogP contribution in [0.5, 0.6) is 0 Å². The number of anilines is 1. The van der Waals surface area contributed by atoms with Crippen molar-refractivity contribution < 1.29 is 22.0 Å². The molecule has 1 amide bonds. The molecule has 0 spiro atoms. The van der Waals surface area contributed by atoms with Gasteiger partial charge in [-0.05, 0) is 66.6 Å². The molecule has 0 saturated heterocycles. The fraction of sp³-hybridized carbons (Fsp3) is 0.136. The van der Waals surface area contributed by atoms with Crippen molar-refractivity contribution in [2.45, 2.75) is 11.3 Å². The van der Waals surface area contributed by atoms with Crippen LogP contribution in [0.15, 0.2) is 71.6 Å². The van der Waals surface area contributed by atoms with Gasteiger partial charge in [-0.1, -0.05) is 23.7 Å². The zero-order chi connectivity index (χ0) is 22.6. The third-order valence-electron chi connectivity index (χ3n) is 4.62. The lowest BCUT2D eigenvalue weighted by molar-refractivity contribution is 0.0954. The van der Waals surface area contributed by atoms with E-state index in [1.165, 1.54) is 49.5 Å². The van der Waals surface area contributed by atoms with Crippen molar-refractivity contribution in [2.75, 3.05) is 17.9 Å². The van der Waals surface area contributed by atoms with Gasteiger partial charge in [0.15, 0.2) is 0 Å². The lowest BCUT2D eigenvalue weighted by atomic mass is 10.1. The predicted molar refractivity (Wildman–Crippen MR) is 116 cm³/mol. The molecule has 0 aliphatic rings. The Labute approximate surface area is 184 Å². The van der Waals surface area contributed by atoms with E-state index in [1.54, 1.807) is 12.1 Å². The average Bonchev–Trinajstić information content (AvgIpc) is 2.74. The highest BCUT2D eigenvalue weighted by Crippen LogP contribution is 2.26. The van der Waals surface area contributed by atoms with Crippen LogP contribution in [-0.4, -0.2) is 27.9 Å². The lowest BCUT2D eigenvalue weighted by Gasteiger charge is -2.20. The zero-order valence-corrected chi connectivity index (χ0v) is 18.1. The summed E-state index contributed by atoms with van der Waals surface area (Å²) in [4.78, 5) is 12.4. The van der Waals surface area contributed by atoms with Crippen molar-refractivity contribution in [3.8, 4) is 0 Å². The van der Waals surface area contributed by atoms with Crippen LogP contribution in [0.2, 0.25) is 5.02 Å². The third kappa shape index (κ3) is 5.39. The molecule has 0 radical (unpaired) electrons. The topological polar surface area (TPSA) is 66.5 Å². The van der Waals surface area contributed by atoms with E-state index in [2.05, 4.69) is 5.32 Å². The quantitative estimate of drug-likeness (QED) is 0.563.